The molecule has 8 heteroatoms. The first-order chi connectivity index (χ1) is 10.3. The van der Waals surface area contributed by atoms with E-state index in [1.807, 2.05) is 13.8 Å². The van der Waals surface area contributed by atoms with Gasteiger partial charge in [0.15, 0.2) is 6.10 Å². The van der Waals surface area contributed by atoms with Crippen LogP contribution >= 0.6 is 0 Å². The molecule has 1 heterocycles. The van der Waals surface area contributed by atoms with Crippen molar-refractivity contribution in [1.82, 2.24) is 0 Å². The Morgan fingerprint density at radius 2 is 1.59 bits per heavy atom. The molecule has 22 heavy (non-hydrogen) atoms. The van der Waals surface area contributed by atoms with Crippen molar-refractivity contribution >= 4 is 11.9 Å². The summed E-state index contributed by atoms with van der Waals surface area (Å²) in [6.07, 6.45) is -5.94. The number of carboxylic acids is 1. The Bertz CT molecular complexity index is 379. The minimum atomic E-state index is -1.80. The maximum atomic E-state index is 12.1. The highest BCUT2D eigenvalue weighted by Crippen LogP contribution is 2.24. The van der Waals surface area contributed by atoms with E-state index in [4.69, 9.17) is 14.6 Å². The molecule has 0 aliphatic carbocycles. The van der Waals surface area contributed by atoms with Gasteiger partial charge in [-0.3, -0.25) is 4.79 Å². The third-order valence-electron chi connectivity index (χ3n) is 3.65. The number of aliphatic hydroxyl groups is 3. The van der Waals surface area contributed by atoms with Crippen LogP contribution in [0.4, 0.5) is 0 Å². The molecule has 0 saturated carbocycles. The lowest BCUT2D eigenvalue weighted by molar-refractivity contribution is -0.287. The van der Waals surface area contributed by atoms with E-state index in [-0.39, 0.29) is 5.92 Å². The van der Waals surface area contributed by atoms with Gasteiger partial charge in [-0.2, -0.15) is 0 Å². The first-order valence-corrected chi connectivity index (χ1v) is 7.46. The van der Waals surface area contributed by atoms with Crippen molar-refractivity contribution in [2.45, 2.75) is 70.2 Å². The van der Waals surface area contributed by atoms with E-state index in [2.05, 4.69) is 0 Å². The Kier molecular flexibility index (Phi) is 7.21. The van der Waals surface area contributed by atoms with E-state index in [1.54, 1.807) is 0 Å². The zero-order valence-electron chi connectivity index (χ0n) is 12.7. The summed E-state index contributed by atoms with van der Waals surface area (Å²) in [6, 6.07) is 0. The maximum Gasteiger partial charge on any atom is 0.335 e. The van der Waals surface area contributed by atoms with Gasteiger partial charge in [0.1, 0.15) is 18.3 Å². The highest BCUT2D eigenvalue weighted by molar-refractivity contribution is 5.74. The van der Waals surface area contributed by atoms with Crippen LogP contribution in [0.3, 0.4) is 0 Å². The zero-order valence-corrected chi connectivity index (χ0v) is 12.7. The first kappa shape index (κ1) is 18.8. The molecule has 1 aliphatic heterocycles. The lowest BCUT2D eigenvalue weighted by Gasteiger charge is -2.38. The van der Waals surface area contributed by atoms with E-state index in [0.29, 0.717) is 12.8 Å². The second-order valence-corrected chi connectivity index (χ2v) is 5.45. The summed E-state index contributed by atoms with van der Waals surface area (Å²) < 4.78 is 9.94. The van der Waals surface area contributed by atoms with Crippen molar-refractivity contribution in [3.8, 4) is 0 Å². The van der Waals surface area contributed by atoms with Crippen LogP contribution < -0.4 is 0 Å². The molecule has 5 atom stereocenters. The molecule has 1 fully saturated rings. The monoisotopic (exact) mass is 320 g/mol. The minimum absolute atomic E-state index is 0.377. The summed E-state index contributed by atoms with van der Waals surface area (Å²) in [5.74, 6) is -2.50. The molecule has 0 aromatic heterocycles. The Morgan fingerprint density at radius 3 is 2.05 bits per heavy atom. The molecule has 8 nitrogen and oxygen atoms in total. The summed E-state index contributed by atoms with van der Waals surface area (Å²) in [6.45, 7) is 3.84. The number of aliphatic hydroxyl groups excluding tert-OH is 3. The van der Waals surface area contributed by atoms with Gasteiger partial charge in [0.25, 0.3) is 0 Å². The lowest BCUT2D eigenvalue weighted by Crippen LogP contribution is -2.60. The van der Waals surface area contributed by atoms with Gasteiger partial charge in [0.05, 0.1) is 5.92 Å². The Balaban J connectivity index is 2.77. The molecule has 0 aromatic rings. The Hall–Kier alpha value is -1.22. The number of hydrogen-bond donors (Lipinski definition) is 4. The summed E-state index contributed by atoms with van der Waals surface area (Å²) >= 11 is 0. The van der Waals surface area contributed by atoms with Gasteiger partial charge in [-0.1, -0.05) is 26.7 Å². The zero-order chi connectivity index (χ0) is 16.9. The van der Waals surface area contributed by atoms with Crippen LogP contribution in [-0.4, -0.2) is 63.1 Å². The van der Waals surface area contributed by atoms with Crippen LogP contribution in [-0.2, 0) is 19.1 Å². The standard InChI is InChI=1S/C14H24O8/c1-3-5-7(6-4-2)13(20)22-14-10(17)8(15)9(16)11(21-14)12(18)19/h7-11,14-17H,3-6H2,1-2H3,(H,18,19)/t8-,9-,10+,11-,14-/m1/s1. The van der Waals surface area contributed by atoms with Crippen molar-refractivity contribution < 1.29 is 39.5 Å². The second kappa shape index (κ2) is 8.42. The lowest BCUT2D eigenvalue weighted by atomic mass is 9.97. The molecule has 0 radical (unpaired) electrons. The van der Waals surface area contributed by atoms with Crippen LogP contribution in [0, 0.1) is 5.92 Å². The second-order valence-electron chi connectivity index (χ2n) is 5.45. The molecule has 1 saturated heterocycles. The topological polar surface area (TPSA) is 134 Å². The van der Waals surface area contributed by atoms with E-state index >= 15 is 0 Å². The Morgan fingerprint density at radius 1 is 1.05 bits per heavy atom. The fourth-order valence-electron chi connectivity index (χ4n) is 2.44. The summed E-state index contributed by atoms with van der Waals surface area (Å²) in [5.41, 5.74) is 0. The van der Waals surface area contributed by atoms with Crippen LogP contribution in [0.25, 0.3) is 0 Å². The van der Waals surface area contributed by atoms with Gasteiger partial charge in [-0.05, 0) is 12.8 Å². The van der Waals surface area contributed by atoms with E-state index in [1.165, 1.54) is 0 Å². The molecular formula is C14H24O8. The van der Waals surface area contributed by atoms with Crippen LogP contribution in [0.5, 0.6) is 0 Å². The quantitative estimate of drug-likeness (QED) is 0.467. The fraction of sp³-hybridized carbons (Fsp3) is 0.857. The highest BCUT2D eigenvalue weighted by atomic mass is 16.7. The van der Waals surface area contributed by atoms with Crippen molar-refractivity contribution in [2.75, 3.05) is 0 Å². The molecule has 0 bridgehead atoms. The van der Waals surface area contributed by atoms with E-state index in [0.717, 1.165) is 12.8 Å². The number of ether oxygens (including phenoxy) is 2. The molecule has 0 aromatic carbocycles. The van der Waals surface area contributed by atoms with Crippen LogP contribution in [0.2, 0.25) is 0 Å². The molecule has 0 unspecified atom stereocenters. The summed E-state index contributed by atoms with van der Waals surface area (Å²) in [4.78, 5) is 23.1. The predicted octanol–water partition coefficient (Wildman–Crippen LogP) is -0.362. The van der Waals surface area contributed by atoms with Gasteiger partial charge in [-0.25, -0.2) is 4.79 Å². The third kappa shape index (κ3) is 4.39. The number of carboxylic acid groups (broad SMARTS) is 1. The average molecular weight is 320 g/mol. The summed E-state index contributed by atoms with van der Waals surface area (Å²) in [7, 11) is 0. The molecule has 0 amide bonds. The van der Waals surface area contributed by atoms with Crippen molar-refractivity contribution in [2.24, 2.45) is 5.92 Å². The van der Waals surface area contributed by atoms with Gasteiger partial charge in [0.2, 0.25) is 6.29 Å². The number of carbonyl (C=O) groups excluding carboxylic acids is 1. The van der Waals surface area contributed by atoms with Gasteiger partial charge >= 0.3 is 11.9 Å². The third-order valence-corrected chi connectivity index (χ3v) is 3.65. The van der Waals surface area contributed by atoms with E-state index < -0.39 is 42.6 Å². The number of esters is 1. The maximum absolute atomic E-state index is 12.1. The van der Waals surface area contributed by atoms with Gasteiger partial charge in [0, 0.05) is 0 Å². The molecule has 128 valence electrons. The van der Waals surface area contributed by atoms with Crippen molar-refractivity contribution in [3.05, 3.63) is 0 Å². The molecular weight excluding hydrogens is 296 g/mol. The molecule has 4 N–H and O–H groups in total. The minimum Gasteiger partial charge on any atom is -0.479 e. The number of carbonyl (C=O) groups is 2. The number of rotatable bonds is 7. The molecule has 0 spiro atoms. The normalized spacial score (nSPS) is 32.0. The number of hydrogen-bond acceptors (Lipinski definition) is 7. The Labute approximate surface area is 128 Å². The van der Waals surface area contributed by atoms with Crippen LogP contribution in [0.1, 0.15) is 39.5 Å². The highest BCUT2D eigenvalue weighted by Gasteiger charge is 2.48. The largest absolute Gasteiger partial charge is 0.479 e. The average Bonchev–Trinajstić information content (AvgIpc) is 2.47. The summed E-state index contributed by atoms with van der Waals surface area (Å²) in [5, 5.41) is 37.9. The van der Waals surface area contributed by atoms with E-state index in [9.17, 15) is 24.9 Å². The smallest absolute Gasteiger partial charge is 0.335 e. The number of aliphatic carboxylic acids is 1. The fourth-order valence-corrected chi connectivity index (χ4v) is 2.44. The van der Waals surface area contributed by atoms with Gasteiger partial charge < -0.3 is 29.9 Å². The van der Waals surface area contributed by atoms with Gasteiger partial charge in [-0.15, -0.1) is 0 Å². The first-order valence-electron chi connectivity index (χ1n) is 7.46. The SMILES string of the molecule is CCCC(CCC)C(=O)O[C@H]1O[C@@H](C(=O)O)[C@H](O)[C@@H](O)[C@@H]1O. The van der Waals surface area contributed by atoms with Crippen molar-refractivity contribution in [3.63, 3.8) is 0 Å². The predicted molar refractivity (Wildman–Crippen MR) is 73.7 cm³/mol. The molecule has 1 rings (SSSR count). The van der Waals surface area contributed by atoms with Crippen molar-refractivity contribution in [1.29, 1.82) is 0 Å². The molecule has 1 aliphatic rings. The van der Waals surface area contributed by atoms with Crippen LogP contribution in [0.15, 0.2) is 0 Å².